The lowest BCUT2D eigenvalue weighted by molar-refractivity contribution is 0.158. The quantitative estimate of drug-likeness (QED) is 0.701. The molecule has 0 saturated carbocycles. The molecule has 0 aromatic heterocycles. The van der Waals surface area contributed by atoms with E-state index in [1.807, 2.05) is 0 Å². The van der Waals surface area contributed by atoms with Crippen molar-refractivity contribution in [1.82, 2.24) is 4.90 Å². The molecule has 0 aromatic rings. The maximum Gasteiger partial charge on any atom is 0.0622 e. The second-order valence-corrected chi connectivity index (χ2v) is 4.31. The number of ether oxygens (including phenoxy) is 1. The van der Waals surface area contributed by atoms with Crippen molar-refractivity contribution in [2.75, 3.05) is 26.8 Å². The third-order valence-corrected chi connectivity index (χ3v) is 3.14. The Labute approximate surface area is 87.6 Å². The molecule has 1 saturated heterocycles. The van der Waals surface area contributed by atoms with E-state index in [1.54, 1.807) is 0 Å². The Hall–Kier alpha value is -0.120. The lowest BCUT2D eigenvalue weighted by Gasteiger charge is -2.23. The Bertz CT molecular complexity index is 146. The Morgan fingerprint density at radius 3 is 2.93 bits per heavy atom. The van der Waals surface area contributed by atoms with Crippen LogP contribution in [0.5, 0.6) is 0 Å². The standard InChI is InChI=1S/C11H24N2O/c1-3-10(12)5-4-7-13(2)11-6-8-14-9-11/h10-11H,3-9,12H2,1-2H3. The summed E-state index contributed by atoms with van der Waals surface area (Å²) in [7, 11) is 2.19. The van der Waals surface area contributed by atoms with E-state index in [9.17, 15) is 0 Å². The molecule has 1 rings (SSSR count). The van der Waals surface area contributed by atoms with E-state index in [2.05, 4.69) is 18.9 Å². The summed E-state index contributed by atoms with van der Waals surface area (Å²) >= 11 is 0. The predicted octanol–water partition coefficient (Wildman–Crippen LogP) is 1.22. The first-order valence-electron chi connectivity index (χ1n) is 5.77. The maximum absolute atomic E-state index is 5.87. The van der Waals surface area contributed by atoms with E-state index in [0.29, 0.717) is 12.1 Å². The Kier molecular flexibility index (Phi) is 5.45. The van der Waals surface area contributed by atoms with Gasteiger partial charge in [-0.2, -0.15) is 0 Å². The monoisotopic (exact) mass is 200 g/mol. The minimum atomic E-state index is 0.392. The Balaban J connectivity index is 2.05. The van der Waals surface area contributed by atoms with Gasteiger partial charge in [0.25, 0.3) is 0 Å². The number of rotatable bonds is 6. The highest BCUT2D eigenvalue weighted by atomic mass is 16.5. The predicted molar refractivity (Wildman–Crippen MR) is 59.4 cm³/mol. The van der Waals surface area contributed by atoms with E-state index < -0.39 is 0 Å². The van der Waals surface area contributed by atoms with Gasteiger partial charge >= 0.3 is 0 Å². The normalized spacial score (nSPS) is 24.4. The first-order chi connectivity index (χ1) is 6.74. The van der Waals surface area contributed by atoms with E-state index in [0.717, 1.165) is 32.6 Å². The van der Waals surface area contributed by atoms with Crippen LogP contribution in [0.4, 0.5) is 0 Å². The number of hydrogen-bond donors (Lipinski definition) is 1. The van der Waals surface area contributed by atoms with Gasteiger partial charge in [-0.15, -0.1) is 0 Å². The number of hydrogen-bond acceptors (Lipinski definition) is 3. The molecule has 0 aliphatic carbocycles. The second kappa shape index (κ2) is 6.38. The van der Waals surface area contributed by atoms with Gasteiger partial charge < -0.3 is 15.4 Å². The first kappa shape index (κ1) is 12.0. The summed E-state index contributed by atoms with van der Waals surface area (Å²) in [6, 6.07) is 1.04. The van der Waals surface area contributed by atoms with Gasteiger partial charge in [0.1, 0.15) is 0 Å². The molecule has 2 unspecified atom stereocenters. The van der Waals surface area contributed by atoms with Crippen LogP contribution in [0.1, 0.15) is 32.6 Å². The summed E-state index contributed by atoms with van der Waals surface area (Å²) < 4.78 is 5.36. The fourth-order valence-electron chi connectivity index (χ4n) is 1.86. The molecule has 0 spiro atoms. The molecule has 2 N–H and O–H groups in total. The zero-order valence-electron chi connectivity index (χ0n) is 9.54. The molecule has 0 bridgehead atoms. The van der Waals surface area contributed by atoms with Gasteiger partial charge in [0, 0.05) is 18.7 Å². The number of nitrogens with two attached hydrogens (primary N) is 1. The molecule has 0 amide bonds. The van der Waals surface area contributed by atoms with Gasteiger partial charge in [0.15, 0.2) is 0 Å². The van der Waals surface area contributed by atoms with Crippen LogP contribution in [0.15, 0.2) is 0 Å². The van der Waals surface area contributed by atoms with Gasteiger partial charge in [-0.1, -0.05) is 6.92 Å². The maximum atomic E-state index is 5.87. The summed E-state index contributed by atoms with van der Waals surface area (Å²) in [4.78, 5) is 2.41. The van der Waals surface area contributed by atoms with Crippen LogP contribution in [0.3, 0.4) is 0 Å². The second-order valence-electron chi connectivity index (χ2n) is 4.31. The van der Waals surface area contributed by atoms with E-state index in [4.69, 9.17) is 10.5 Å². The molecular weight excluding hydrogens is 176 g/mol. The van der Waals surface area contributed by atoms with E-state index in [-0.39, 0.29) is 0 Å². The summed E-state index contributed by atoms with van der Waals surface area (Å²) in [6.07, 6.45) is 4.64. The van der Waals surface area contributed by atoms with Crippen molar-refractivity contribution in [1.29, 1.82) is 0 Å². The fourth-order valence-corrected chi connectivity index (χ4v) is 1.86. The molecule has 0 radical (unpaired) electrons. The van der Waals surface area contributed by atoms with Crippen molar-refractivity contribution in [3.63, 3.8) is 0 Å². The third-order valence-electron chi connectivity index (χ3n) is 3.14. The Morgan fingerprint density at radius 2 is 2.36 bits per heavy atom. The van der Waals surface area contributed by atoms with Crippen LogP contribution in [0, 0.1) is 0 Å². The highest BCUT2D eigenvalue weighted by molar-refractivity contribution is 4.73. The molecule has 14 heavy (non-hydrogen) atoms. The highest BCUT2D eigenvalue weighted by Crippen LogP contribution is 2.11. The molecule has 84 valence electrons. The third kappa shape index (κ3) is 3.95. The van der Waals surface area contributed by atoms with Crippen molar-refractivity contribution in [3.05, 3.63) is 0 Å². The fraction of sp³-hybridized carbons (Fsp3) is 1.00. The van der Waals surface area contributed by atoms with E-state index >= 15 is 0 Å². The van der Waals surface area contributed by atoms with Crippen LogP contribution in [-0.2, 0) is 4.74 Å². The average Bonchev–Trinajstić information content (AvgIpc) is 2.70. The molecule has 2 atom stereocenters. The minimum Gasteiger partial charge on any atom is -0.380 e. The van der Waals surface area contributed by atoms with Crippen molar-refractivity contribution in [3.8, 4) is 0 Å². The molecular formula is C11H24N2O. The SMILES string of the molecule is CCC(N)CCCN(C)C1CCOC1. The van der Waals surface area contributed by atoms with Gasteiger partial charge in [-0.05, 0) is 39.3 Å². The van der Waals surface area contributed by atoms with Gasteiger partial charge in [-0.25, -0.2) is 0 Å². The molecule has 1 fully saturated rings. The van der Waals surface area contributed by atoms with Crippen molar-refractivity contribution >= 4 is 0 Å². The van der Waals surface area contributed by atoms with E-state index in [1.165, 1.54) is 12.8 Å². The van der Waals surface area contributed by atoms with Crippen molar-refractivity contribution in [2.24, 2.45) is 5.73 Å². The topological polar surface area (TPSA) is 38.5 Å². The molecule has 1 aliphatic rings. The zero-order valence-corrected chi connectivity index (χ0v) is 9.54. The van der Waals surface area contributed by atoms with Crippen LogP contribution in [0.25, 0.3) is 0 Å². The summed E-state index contributed by atoms with van der Waals surface area (Å²) in [5, 5.41) is 0. The average molecular weight is 200 g/mol. The smallest absolute Gasteiger partial charge is 0.0622 e. The molecule has 1 aliphatic heterocycles. The number of nitrogens with zero attached hydrogens (tertiary/aromatic N) is 1. The molecule has 3 heteroatoms. The summed E-state index contributed by atoms with van der Waals surface area (Å²) in [5.74, 6) is 0. The van der Waals surface area contributed by atoms with Crippen LogP contribution in [0.2, 0.25) is 0 Å². The van der Waals surface area contributed by atoms with Crippen LogP contribution >= 0.6 is 0 Å². The zero-order chi connectivity index (χ0) is 10.4. The molecule has 3 nitrogen and oxygen atoms in total. The summed E-state index contributed by atoms with van der Waals surface area (Å²) in [5.41, 5.74) is 5.87. The van der Waals surface area contributed by atoms with Gasteiger partial charge in [0.05, 0.1) is 6.61 Å². The highest BCUT2D eigenvalue weighted by Gasteiger charge is 2.19. The van der Waals surface area contributed by atoms with Crippen LogP contribution < -0.4 is 5.73 Å². The number of likely N-dealkylation sites (N-methyl/N-ethyl adjacent to an activating group) is 1. The van der Waals surface area contributed by atoms with Crippen molar-refractivity contribution in [2.45, 2.75) is 44.7 Å². The minimum absolute atomic E-state index is 0.392. The first-order valence-corrected chi connectivity index (χ1v) is 5.77. The molecule has 0 aromatic carbocycles. The lowest BCUT2D eigenvalue weighted by Crippen LogP contribution is -2.33. The van der Waals surface area contributed by atoms with Crippen LogP contribution in [-0.4, -0.2) is 43.8 Å². The van der Waals surface area contributed by atoms with Gasteiger partial charge in [-0.3, -0.25) is 0 Å². The summed E-state index contributed by atoms with van der Waals surface area (Å²) in [6.45, 7) is 5.15. The largest absolute Gasteiger partial charge is 0.380 e. The van der Waals surface area contributed by atoms with Gasteiger partial charge in [0.2, 0.25) is 0 Å². The lowest BCUT2D eigenvalue weighted by atomic mass is 10.1. The Morgan fingerprint density at radius 1 is 1.57 bits per heavy atom. The van der Waals surface area contributed by atoms with Crippen molar-refractivity contribution < 1.29 is 4.74 Å². The molecule has 1 heterocycles.